The first kappa shape index (κ1) is 44.5. The zero-order chi connectivity index (χ0) is 37.8. The van der Waals surface area contributed by atoms with E-state index in [4.69, 9.17) is 13.6 Å². The van der Waals surface area contributed by atoms with E-state index in [-0.39, 0.29) is 58.3 Å². The molecule has 2 rings (SSSR count). The maximum absolute atomic E-state index is 13.8. The van der Waals surface area contributed by atoms with Crippen LogP contribution in [-0.2, 0) is 38.2 Å². The van der Waals surface area contributed by atoms with Gasteiger partial charge in [0.15, 0.2) is 0 Å². The lowest BCUT2D eigenvalue weighted by atomic mass is 10.1. The molecule has 14 nitrogen and oxygen atoms in total. The van der Waals surface area contributed by atoms with E-state index in [9.17, 15) is 41.6 Å². The summed E-state index contributed by atoms with van der Waals surface area (Å²) in [5, 5.41) is 11.5. The van der Waals surface area contributed by atoms with E-state index in [1.165, 1.54) is 13.3 Å². The first-order valence-electron chi connectivity index (χ1n) is 16.5. The lowest BCUT2D eigenvalue weighted by molar-refractivity contribution is -0.137. The SMILES string of the molecule is CCOP(C)(=O)CN1CCN(CC(=O)Nc2ccc(C(=O)O)cc2C(F)(F)F)CCN(CP(C)(=O)OCC)CCN(CP(C)(=O)OCC)CC1. The van der Waals surface area contributed by atoms with Crippen LogP contribution in [0, 0.1) is 0 Å². The topological polar surface area (TPSA) is 158 Å². The Morgan fingerprint density at radius 2 is 1.08 bits per heavy atom. The normalized spacial score (nSPS) is 20.5. The predicted molar refractivity (Wildman–Crippen MR) is 188 cm³/mol. The van der Waals surface area contributed by atoms with Crippen molar-refractivity contribution in [1.82, 2.24) is 19.6 Å². The van der Waals surface area contributed by atoms with Crippen LogP contribution in [0.15, 0.2) is 18.2 Å². The van der Waals surface area contributed by atoms with Gasteiger partial charge in [0, 0.05) is 72.4 Å². The number of hydrogen-bond donors (Lipinski definition) is 2. The van der Waals surface area contributed by atoms with Crippen molar-refractivity contribution in [1.29, 1.82) is 0 Å². The Labute approximate surface area is 293 Å². The molecule has 20 heteroatoms. The van der Waals surface area contributed by atoms with Crippen molar-refractivity contribution in [2.24, 2.45) is 0 Å². The van der Waals surface area contributed by atoms with E-state index in [2.05, 4.69) is 5.32 Å². The van der Waals surface area contributed by atoms with Gasteiger partial charge in [0.2, 0.25) is 28.0 Å². The van der Waals surface area contributed by atoms with Gasteiger partial charge in [-0.1, -0.05) is 0 Å². The second kappa shape index (κ2) is 20.0. The highest BCUT2D eigenvalue weighted by Crippen LogP contribution is 2.45. The standard InChI is InChI=1S/C30H53F3N5O9P3/c1-7-45-48(4,42)22-36-14-12-35(21-28(39)34-27-11-10-25(29(40)41)20-26(27)30(31,32)33)13-15-37(23-49(5,43)46-8-2)17-19-38(18-16-36)24-50(6,44)47-9-3/h10-11,20H,7-9,12-19,21-24H2,1-6H3,(H,34,39)(H,40,41). The summed E-state index contributed by atoms with van der Waals surface area (Å²) < 4.78 is 97.7. The molecule has 1 aromatic carbocycles. The van der Waals surface area contributed by atoms with Crippen molar-refractivity contribution in [3.8, 4) is 0 Å². The summed E-state index contributed by atoms with van der Waals surface area (Å²) in [6.45, 7) is 13.1. The molecule has 0 radical (unpaired) electrons. The average Bonchev–Trinajstić information content (AvgIpc) is 2.97. The van der Waals surface area contributed by atoms with Gasteiger partial charge in [-0.25, -0.2) is 4.79 Å². The van der Waals surface area contributed by atoms with Crippen LogP contribution in [0.4, 0.5) is 18.9 Å². The lowest BCUT2D eigenvalue weighted by Gasteiger charge is -2.35. The molecule has 0 aromatic heterocycles. The monoisotopic (exact) mass is 777 g/mol. The number of carbonyl (C=O) groups is 2. The van der Waals surface area contributed by atoms with Crippen LogP contribution in [-0.4, -0.2) is 154 Å². The summed E-state index contributed by atoms with van der Waals surface area (Å²) in [7, 11) is -9.08. The van der Waals surface area contributed by atoms with Crippen molar-refractivity contribution in [3.05, 3.63) is 29.3 Å². The molecule has 1 aliphatic heterocycles. The van der Waals surface area contributed by atoms with Crippen molar-refractivity contribution >= 4 is 39.7 Å². The molecule has 1 aliphatic rings. The average molecular weight is 778 g/mol. The third-order valence-electron chi connectivity index (χ3n) is 7.72. The Morgan fingerprint density at radius 3 is 1.40 bits per heavy atom. The van der Waals surface area contributed by atoms with E-state index in [0.29, 0.717) is 45.3 Å². The van der Waals surface area contributed by atoms with Crippen molar-refractivity contribution in [2.45, 2.75) is 26.9 Å². The minimum Gasteiger partial charge on any atom is -0.478 e. The van der Waals surface area contributed by atoms with Crippen molar-refractivity contribution in [3.63, 3.8) is 0 Å². The van der Waals surface area contributed by atoms with Crippen LogP contribution in [0.2, 0.25) is 0 Å². The van der Waals surface area contributed by atoms with Gasteiger partial charge in [-0.05, 0) is 39.0 Å². The highest BCUT2D eigenvalue weighted by atomic mass is 31.2. The number of carboxylic acids is 1. The fourth-order valence-corrected chi connectivity index (χ4v) is 10.5. The number of carboxylic acid groups (broad SMARTS) is 1. The lowest BCUT2D eigenvalue weighted by Crippen LogP contribution is -2.47. The first-order valence-corrected chi connectivity index (χ1v) is 23.2. The Hall–Kier alpha value is -1.64. The molecule has 2 N–H and O–H groups in total. The quantitative estimate of drug-likeness (QED) is 0.210. The Kier molecular flexibility index (Phi) is 17.8. The van der Waals surface area contributed by atoms with Crippen LogP contribution >= 0.6 is 22.1 Å². The fraction of sp³-hybridized carbons (Fsp3) is 0.733. The molecule has 50 heavy (non-hydrogen) atoms. The van der Waals surface area contributed by atoms with Crippen molar-refractivity contribution < 1.29 is 55.1 Å². The van der Waals surface area contributed by atoms with Crippen molar-refractivity contribution in [2.75, 3.05) is 123 Å². The number of amides is 1. The zero-order valence-corrected chi connectivity index (χ0v) is 32.5. The maximum Gasteiger partial charge on any atom is 0.418 e. The number of carbonyl (C=O) groups excluding carboxylic acids is 1. The summed E-state index contributed by atoms with van der Waals surface area (Å²) in [6, 6.07) is 2.37. The summed E-state index contributed by atoms with van der Waals surface area (Å²) in [5.74, 6) is -2.29. The number of aromatic carboxylic acids is 1. The number of benzene rings is 1. The minimum atomic E-state index is -4.92. The van der Waals surface area contributed by atoms with Gasteiger partial charge in [0.25, 0.3) is 0 Å². The third-order valence-corrected chi connectivity index (χ3v) is 12.9. The molecule has 1 heterocycles. The smallest absolute Gasteiger partial charge is 0.418 e. The Morgan fingerprint density at radius 1 is 0.720 bits per heavy atom. The number of nitrogens with zero attached hydrogens (tertiary/aromatic N) is 4. The molecule has 3 atom stereocenters. The summed E-state index contributed by atoms with van der Waals surface area (Å²) in [4.78, 5) is 32.1. The van der Waals surface area contributed by atoms with E-state index >= 15 is 0 Å². The molecular weight excluding hydrogens is 724 g/mol. The molecule has 1 fully saturated rings. The highest BCUT2D eigenvalue weighted by Gasteiger charge is 2.35. The van der Waals surface area contributed by atoms with Crippen LogP contribution < -0.4 is 5.32 Å². The molecule has 0 bridgehead atoms. The largest absolute Gasteiger partial charge is 0.478 e. The molecule has 0 saturated carbocycles. The van der Waals surface area contributed by atoms with Gasteiger partial charge >= 0.3 is 12.1 Å². The molecule has 3 unspecified atom stereocenters. The van der Waals surface area contributed by atoms with Gasteiger partial charge in [-0.3, -0.25) is 38.1 Å². The number of halogens is 3. The van der Waals surface area contributed by atoms with Crippen LogP contribution in [0.3, 0.4) is 0 Å². The summed E-state index contributed by atoms with van der Waals surface area (Å²) >= 11 is 0. The van der Waals surface area contributed by atoms with Gasteiger partial charge in [-0.15, -0.1) is 0 Å². The first-order chi connectivity index (χ1) is 23.2. The molecule has 288 valence electrons. The van der Waals surface area contributed by atoms with E-state index in [1.54, 1.807) is 32.3 Å². The number of hydrogen-bond acceptors (Lipinski definition) is 12. The zero-order valence-electron chi connectivity index (χ0n) is 29.8. The number of nitrogens with one attached hydrogen (secondary N) is 1. The predicted octanol–water partition coefficient (Wildman–Crippen LogP) is 5.27. The molecule has 0 aliphatic carbocycles. The fourth-order valence-electron chi connectivity index (χ4n) is 5.61. The van der Waals surface area contributed by atoms with Gasteiger partial charge in [0.1, 0.15) is 0 Å². The summed E-state index contributed by atoms with van der Waals surface area (Å²) in [6.07, 6.45) is -4.54. The van der Waals surface area contributed by atoms with E-state index in [1.807, 2.05) is 14.7 Å². The Bertz CT molecular complexity index is 1380. The molecule has 0 spiro atoms. The van der Waals surface area contributed by atoms with Gasteiger partial charge in [0.05, 0.1) is 62.0 Å². The van der Waals surface area contributed by atoms with Gasteiger partial charge < -0.3 is 24.0 Å². The van der Waals surface area contributed by atoms with E-state index < -0.39 is 57.0 Å². The second-order valence-electron chi connectivity index (χ2n) is 12.5. The number of anilines is 1. The molecular formula is C30H53F3N5O9P3. The molecule has 1 saturated heterocycles. The number of rotatable bonds is 16. The third kappa shape index (κ3) is 16.4. The highest BCUT2D eigenvalue weighted by molar-refractivity contribution is 7.58. The second-order valence-corrected chi connectivity index (χ2v) is 20.2. The Balaban J connectivity index is 2.40. The minimum absolute atomic E-state index is 0.105. The molecule has 1 amide bonds. The van der Waals surface area contributed by atoms with E-state index in [0.717, 1.165) is 12.1 Å². The maximum atomic E-state index is 13.8. The summed E-state index contributed by atoms with van der Waals surface area (Å²) in [5.41, 5.74) is -2.43. The van der Waals surface area contributed by atoms with Crippen LogP contribution in [0.1, 0.15) is 36.7 Å². The van der Waals surface area contributed by atoms with Gasteiger partial charge in [-0.2, -0.15) is 13.2 Å². The number of alkyl halides is 3. The molecule has 1 aromatic rings. The van der Waals surface area contributed by atoms with Crippen LogP contribution in [0.5, 0.6) is 0 Å². The van der Waals surface area contributed by atoms with Crippen LogP contribution in [0.25, 0.3) is 0 Å².